The first-order chi connectivity index (χ1) is 12.9. The molecule has 5 nitrogen and oxygen atoms in total. The van der Waals surface area contributed by atoms with Crippen molar-refractivity contribution >= 4 is 27.0 Å². The molecule has 142 valence electrons. The molecule has 1 atom stereocenters. The molecular formula is C21H25N3O2S. The zero-order chi connectivity index (χ0) is 19.4. The predicted octanol–water partition coefficient (Wildman–Crippen LogP) is 3.37. The maximum absolute atomic E-state index is 12.4. The van der Waals surface area contributed by atoms with Gasteiger partial charge in [0, 0.05) is 42.1 Å². The quantitative estimate of drug-likeness (QED) is 0.681. The molecule has 6 heteroatoms. The van der Waals surface area contributed by atoms with Gasteiger partial charge >= 0.3 is 0 Å². The Labute approximate surface area is 161 Å². The number of aromatic nitrogens is 1. The smallest absolute Gasteiger partial charge is 0.233 e. The standard InChI is InChI=1S/C21H25N3O2S/c1-23(2)21(19-16-24(3)20-12-8-7-11-18(19)20)15-22-27(25,26)14-13-17-9-5-4-6-10-17/h4-14,16,21-22H,15H2,1-3H3. The minimum absolute atomic E-state index is 0.0731. The topological polar surface area (TPSA) is 54.3 Å². The fourth-order valence-corrected chi connectivity index (χ4v) is 4.01. The summed E-state index contributed by atoms with van der Waals surface area (Å²) in [5.74, 6) is 0. The number of nitrogens with one attached hydrogen (secondary N) is 1. The molecule has 0 aliphatic rings. The van der Waals surface area contributed by atoms with Gasteiger partial charge in [0.05, 0.1) is 0 Å². The second kappa shape index (κ2) is 8.08. The van der Waals surface area contributed by atoms with Crippen LogP contribution in [0.3, 0.4) is 0 Å². The molecule has 1 aromatic heterocycles. The van der Waals surface area contributed by atoms with Gasteiger partial charge in [0.1, 0.15) is 0 Å². The summed E-state index contributed by atoms with van der Waals surface area (Å²) in [6.07, 6.45) is 3.67. The van der Waals surface area contributed by atoms with Crippen molar-refractivity contribution in [2.75, 3.05) is 20.6 Å². The van der Waals surface area contributed by atoms with Gasteiger partial charge in [0.25, 0.3) is 0 Å². The Morgan fingerprint density at radius 3 is 2.44 bits per heavy atom. The molecule has 0 aliphatic carbocycles. The van der Waals surface area contributed by atoms with E-state index in [0.717, 1.165) is 22.0 Å². The highest BCUT2D eigenvalue weighted by Crippen LogP contribution is 2.28. The van der Waals surface area contributed by atoms with Crippen LogP contribution in [0.15, 0.2) is 66.2 Å². The largest absolute Gasteiger partial charge is 0.350 e. The highest BCUT2D eigenvalue weighted by molar-refractivity contribution is 7.92. The lowest BCUT2D eigenvalue weighted by atomic mass is 10.1. The van der Waals surface area contributed by atoms with E-state index >= 15 is 0 Å². The predicted molar refractivity (Wildman–Crippen MR) is 112 cm³/mol. The monoisotopic (exact) mass is 383 g/mol. The van der Waals surface area contributed by atoms with Crippen molar-refractivity contribution in [3.05, 3.63) is 77.3 Å². The summed E-state index contributed by atoms with van der Waals surface area (Å²) < 4.78 is 29.6. The molecule has 1 unspecified atom stereocenters. The van der Waals surface area contributed by atoms with Crippen LogP contribution < -0.4 is 4.72 Å². The number of fused-ring (bicyclic) bond motifs is 1. The molecule has 0 fully saturated rings. The number of hydrogen-bond acceptors (Lipinski definition) is 3. The second-order valence-corrected chi connectivity index (χ2v) is 8.45. The maximum Gasteiger partial charge on any atom is 0.233 e. The Bertz CT molecular complexity index is 1040. The summed E-state index contributed by atoms with van der Waals surface area (Å²) in [4.78, 5) is 2.03. The van der Waals surface area contributed by atoms with Crippen LogP contribution in [0.5, 0.6) is 0 Å². The van der Waals surface area contributed by atoms with Crippen molar-refractivity contribution in [3.63, 3.8) is 0 Å². The first-order valence-corrected chi connectivity index (χ1v) is 10.4. The summed E-state index contributed by atoms with van der Waals surface area (Å²) in [6.45, 7) is 0.294. The van der Waals surface area contributed by atoms with E-state index in [4.69, 9.17) is 0 Å². The van der Waals surface area contributed by atoms with Crippen molar-refractivity contribution in [1.82, 2.24) is 14.2 Å². The zero-order valence-corrected chi connectivity index (χ0v) is 16.6. The number of benzene rings is 2. The number of likely N-dealkylation sites (N-methyl/N-ethyl adjacent to an activating group) is 1. The third-order valence-electron chi connectivity index (χ3n) is 4.63. The van der Waals surface area contributed by atoms with E-state index in [1.54, 1.807) is 6.08 Å². The van der Waals surface area contributed by atoms with Gasteiger partial charge in [-0.1, -0.05) is 48.5 Å². The van der Waals surface area contributed by atoms with Gasteiger partial charge in [-0.25, -0.2) is 13.1 Å². The van der Waals surface area contributed by atoms with E-state index in [9.17, 15) is 8.42 Å². The molecule has 1 heterocycles. The van der Waals surface area contributed by atoms with Crippen molar-refractivity contribution in [2.24, 2.45) is 7.05 Å². The number of rotatable bonds is 7. The summed E-state index contributed by atoms with van der Waals surface area (Å²) in [5.41, 5.74) is 3.08. The van der Waals surface area contributed by atoms with Gasteiger partial charge in [-0.15, -0.1) is 0 Å². The fourth-order valence-electron chi connectivity index (χ4n) is 3.18. The summed E-state index contributed by atoms with van der Waals surface area (Å²) >= 11 is 0. The van der Waals surface area contributed by atoms with Crippen LogP contribution in [-0.4, -0.2) is 38.5 Å². The molecular weight excluding hydrogens is 358 g/mol. The number of aryl methyl sites for hydroxylation is 1. The molecule has 2 aromatic carbocycles. The maximum atomic E-state index is 12.4. The second-order valence-electron chi connectivity index (χ2n) is 6.80. The van der Waals surface area contributed by atoms with E-state index in [0.29, 0.717) is 6.54 Å². The van der Waals surface area contributed by atoms with Crippen molar-refractivity contribution in [1.29, 1.82) is 0 Å². The van der Waals surface area contributed by atoms with Crippen LogP contribution in [0, 0.1) is 0 Å². The molecule has 0 amide bonds. The molecule has 27 heavy (non-hydrogen) atoms. The Morgan fingerprint density at radius 1 is 1.07 bits per heavy atom. The van der Waals surface area contributed by atoms with E-state index in [-0.39, 0.29) is 6.04 Å². The van der Waals surface area contributed by atoms with Gasteiger partial charge < -0.3 is 9.47 Å². The molecule has 0 saturated carbocycles. The van der Waals surface area contributed by atoms with Crippen LogP contribution in [0.2, 0.25) is 0 Å². The molecule has 0 radical (unpaired) electrons. The van der Waals surface area contributed by atoms with Crippen LogP contribution in [0.25, 0.3) is 17.0 Å². The highest BCUT2D eigenvalue weighted by Gasteiger charge is 2.20. The van der Waals surface area contributed by atoms with E-state index in [1.165, 1.54) is 5.41 Å². The van der Waals surface area contributed by atoms with Gasteiger partial charge in [0.2, 0.25) is 10.0 Å². The van der Waals surface area contributed by atoms with Gasteiger partial charge in [0.15, 0.2) is 0 Å². The Hall–Kier alpha value is -2.41. The third-order valence-corrected chi connectivity index (χ3v) is 5.69. The van der Waals surface area contributed by atoms with E-state index in [2.05, 4.69) is 27.6 Å². The van der Waals surface area contributed by atoms with Crippen LogP contribution in [-0.2, 0) is 17.1 Å². The molecule has 0 saturated heterocycles. The van der Waals surface area contributed by atoms with E-state index in [1.807, 2.05) is 68.5 Å². The Balaban J connectivity index is 1.80. The minimum Gasteiger partial charge on any atom is -0.350 e. The lowest BCUT2D eigenvalue weighted by Gasteiger charge is -2.24. The van der Waals surface area contributed by atoms with Crippen molar-refractivity contribution < 1.29 is 8.42 Å². The lowest BCUT2D eigenvalue weighted by Crippen LogP contribution is -2.33. The first-order valence-electron chi connectivity index (χ1n) is 8.80. The molecule has 3 aromatic rings. The van der Waals surface area contributed by atoms with Gasteiger partial charge in [-0.3, -0.25) is 0 Å². The summed E-state index contributed by atoms with van der Waals surface area (Å²) in [7, 11) is 2.40. The van der Waals surface area contributed by atoms with Crippen LogP contribution in [0.1, 0.15) is 17.2 Å². The fraction of sp³-hybridized carbons (Fsp3) is 0.238. The number of nitrogens with zero attached hydrogens (tertiary/aromatic N) is 2. The number of para-hydroxylation sites is 1. The Morgan fingerprint density at radius 2 is 1.74 bits per heavy atom. The number of sulfonamides is 1. The normalized spacial score (nSPS) is 13.6. The van der Waals surface area contributed by atoms with E-state index < -0.39 is 10.0 Å². The average Bonchev–Trinajstić information content (AvgIpc) is 2.98. The average molecular weight is 384 g/mol. The molecule has 0 bridgehead atoms. The first kappa shape index (κ1) is 19.4. The SMILES string of the molecule is CN(C)C(CNS(=O)(=O)C=Cc1ccccc1)c1cn(C)c2ccccc12. The Kier molecular flexibility index (Phi) is 5.79. The highest BCUT2D eigenvalue weighted by atomic mass is 32.2. The molecule has 0 spiro atoms. The molecule has 1 N–H and O–H groups in total. The summed E-state index contributed by atoms with van der Waals surface area (Å²) in [5, 5.41) is 2.36. The van der Waals surface area contributed by atoms with Gasteiger partial charge in [-0.2, -0.15) is 0 Å². The van der Waals surface area contributed by atoms with Crippen molar-refractivity contribution in [2.45, 2.75) is 6.04 Å². The minimum atomic E-state index is -3.53. The van der Waals surface area contributed by atoms with Crippen molar-refractivity contribution in [3.8, 4) is 0 Å². The third kappa shape index (κ3) is 4.66. The lowest BCUT2D eigenvalue weighted by molar-refractivity contribution is 0.301. The molecule has 3 rings (SSSR count). The summed E-state index contributed by atoms with van der Waals surface area (Å²) in [6, 6.07) is 17.5. The molecule has 0 aliphatic heterocycles. The number of hydrogen-bond donors (Lipinski definition) is 1. The van der Waals surface area contributed by atoms with Crippen LogP contribution >= 0.6 is 0 Å². The van der Waals surface area contributed by atoms with Gasteiger partial charge in [-0.05, 0) is 37.4 Å². The zero-order valence-electron chi connectivity index (χ0n) is 15.8. The van der Waals surface area contributed by atoms with Crippen LogP contribution in [0.4, 0.5) is 0 Å².